The molecule has 0 aromatic heterocycles. The molecule has 0 radical (unpaired) electrons. The number of rotatable bonds is 4. The first-order valence-corrected chi connectivity index (χ1v) is 6.44. The van der Waals surface area contributed by atoms with Gasteiger partial charge in [-0.1, -0.05) is 5.92 Å². The Labute approximate surface area is 117 Å². The molecule has 1 heterocycles. The van der Waals surface area contributed by atoms with Gasteiger partial charge in [0.25, 0.3) is 0 Å². The van der Waals surface area contributed by atoms with Crippen molar-refractivity contribution in [3.63, 3.8) is 0 Å². The van der Waals surface area contributed by atoms with Crippen molar-refractivity contribution in [3.8, 4) is 12.3 Å². The highest BCUT2D eigenvalue weighted by Crippen LogP contribution is 2.28. The van der Waals surface area contributed by atoms with Crippen LogP contribution in [0.3, 0.4) is 0 Å². The summed E-state index contributed by atoms with van der Waals surface area (Å²) in [5, 5.41) is 11.9. The summed E-state index contributed by atoms with van der Waals surface area (Å²) in [4.78, 5) is 24.8. The van der Waals surface area contributed by atoms with Crippen LogP contribution in [0.5, 0.6) is 0 Å². The predicted octanol–water partition coefficient (Wildman–Crippen LogP) is 0.887. The summed E-state index contributed by atoms with van der Waals surface area (Å²) in [7, 11) is 0. The molecule has 0 saturated carbocycles. The molecular formula is C15H16N2O3. The summed E-state index contributed by atoms with van der Waals surface area (Å²) in [5.74, 6) is 1.41. The van der Waals surface area contributed by atoms with Crippen molar-refractivity contribution in [2.24, 2.45) is 0 Å². The van der Waals surface area contributed by atoms with E-state index in [1.54, 1.807) is 17.0 Å². The molecule has 0 saturated heterocycles. The highest BCUT2D eigenvalue weighted by Gasteiger charge is 2.22. The Morgan fingerprint density at radius 2 is 2.25 bits per heavy atom. The van der Waals surface area contributed by atoms with E-state index in [-0.39, 0.29) is 18.0 Å². The number of benzene rings is 1. The average molecular weight is 272 g/mol. The number of anilines is 1. The number of nitrogens with zero attached hydrogens (tertiary/aromatic N) is 1. The Morgan fingerprint density at radius 3 is 2.95 bits per heavy atom. The quantitative estimate of drug-likeness (QED) is 0.631. The molecule has 20 heavy (non-hydrogen) atoms. The lowest BCUT2D eigenvalue weighted by atomic mass is 9.99. The first kappa shape index (κ1) is 14.1. The van der Waals surface area contributed by atoms with Gasteiger partial charge in [0.1, 0.15) is 0 Å². The van der Waals surface area contributed by atoms with Crippen LogP contribution < -0.4 is 10.2 Å². The second-order valence-electron chi connectivity index (χ2n) is 4.61. The zero-order chi connectivity index (χ0) is 14.5. The normalized spacial score (nSPS) is 13.4. The summed E-state index contributed by atoms with van der Waals surface area (Å²) in [6.07, 6.45) is 6.74. The molecule has 0 unspecified atom stereocenters. The van der Waals surface area contributed by atoms with E-state index in [1.807, 2.05) is 0 Å². The van der Waals surface area contributed by atoms with Crippen LogP contribution in [0.25, 0.3) is 0 Å². The van der Waals surface area contributed by atoms with Gasteiger partial charge in [-0.2, -0.15) is 0 Å². The Hall–Kier alpha value is -2.32. The Balaban J connectivity index is 2.18. The lowest BCUT2D eigenvalue weighted by molar-refractivity contribution is -0.117. The third kappa shape index (κ3) is 2.98. The number of terminal acetylenes is 1. The van der Waals surface area contributed by atoms with Gasteiger partial charge in [-0.15, -0.1) is 6.42 Å². The van der Waals surface area contributed by atoms with Crippen LogP contribution in [-0.4, -0.2) is 36.6 Å². The number of aromatic carboxylic acids is 1. The van der Waals surface area contributed by atoms with Crippen molar-refractivity contribution >= 4 is 17.6 Å². The molecular weight excluding hydrogens is 256 g/mol. The minimum atomic E-state index is -0.952. The van der Waals surface area contributed by atoms with E-state index in [1.165, 1.54) is 6.07 Å². The van der Waals surface area contributed by atoms with Gasteiger partial charge in [-0.05, 0) is 36.6 Å². The number of carboxylic acids is 1. The van der Waals surface area contributed by atoms with Crippen LogP contribution in [-0.2, 0) is 11.2 Å². The minimum Gasteiger partial charge on any atom is -0.478 e. The molecule has 0 bridgehead atoms. The molecule has 1 aliphatic heterocycles. The fourth-order valence-corrected chi connectivity index (χ4v) is 2.33. The first-order chi connectivity index (χ1) is 9.63. The predicted molar refractivity (Wildman–Crippen MR) is 75.8 cm³/mol. The molecule has 2 N–H and O–H groups in total. The summed E-state index contributed by atoms with van der Waals surface area (Å²) < 4.78 is 0. The highest BCUT2D eigenvalue weighted by atomic mass is 16.4. The number of carboxylic acid groups (broad SMARTS) is 1. The number of nitrogens with one attached hydrogen (secondary N) is 1. The molecule has 104 valence electrons. The van der Waals surface area contributed by atoms with Crippen LogP contribution in [0.1, 0.15) is 22.3 Å². The number of carbonyl (C=O) groups excluding carboxylic acids is 1. The average Bonchev–Trinajstić information content (AvgIpc) is 2.46. The molecule has 1 aromatic rings. The molecule has 5 heteroatoms. The molecule has 1 amide bonds. The lowest BCUT2D eigenvalue weighted by Crippen LogP contribution is -2.41. The second kappa shape index (κ2) is 6.22. The molecule has 5 nitrogen and oxygen atoms in total. The topological polar surface area (TPSA) is 69.6 Å². The van der Waals surface area contributed by atoms with E-state index in [9.17, 15) is 9.59 Å². The van der Waals surface area contributed by atoms with Crippen molar-refractivity contribution in [1.29, 1.82) is 0 Å². The maximum absolute atomic E-state index is 12.1. The van der Waals surface area contributed by atoms with Gasteiger partial charge in [0.05, 0.1) is 18.7 Å². The van der Waals surface area contributed by atoms with Gasteiger partial charge in [0.15, 0.2) is 0 Å². The van der Waals surface area contributed by atoms with E-state index in [0.717, 1.165) is 24.1 Å². The number of aryl methyl sites for hydroxylation is 1. The van der Waals surface area contributed by atoms with Crippen LogP contribution in [0, 0.1) is 12.3 Å². The fourth-order valence-electron chi connectivity index (χ4n) is 2.33. The largest absolute Gasteiger partial charge is 0.478 e. The highest BCUT2D eigenvalue weighted by molar-refractivity contribution is 5.97. The molecule has 0 atom stereocenters. The van der Waals surface area contributed by atoms with Crippen LogP contribution in [0.2, 0.25) is 0 Å². The Kier molecular flexibility index (Phi) is 4.38. The standard InChI is InChI=1S/C15H16N2O3/c1-2-7-16-10-14(18)17-8-3-4-11-9-12(15(19)20)5-6-13(11)17/h1,5-6,9,16H,3-4,7-8,10H2,(H,19,20). The Bertz CT molecular complexity index is 575. The molecule has 0 fully saturated rings. The maximum Gasteiger partial charge on any atom is 0.335 e. The van der Waals surface area contributed by atoms with E-state index in [4.69, 9.17) is 11.5 Å². The maximum atomic E-state index is 12.1. The van der Waals surface area contributed by atoms with Gasteiger partial charge in [-0.3, -0.25) is 10.1 Å². The van der Waals surface area contributed by atoms with Crippen molar-refractivity contribution in [2.75, 3.05) is 24.5 Å². The van der Waals surface area contributed by atoms with E-state index >= 15 is 0 Å². The monoisotopic (exact) mass is 272 g/mol. The molecule has 1 aromatic carbocycles. The van der Waals surface area contributed by atoms with Gasteiger partial charge < -0.3 is 10.0 Å². The van der Waals surface area contributed by atoms with Gasteiger partial charge in [0.2, 0.25) is 5.91 Å². The molecule has 2 rings (SSSR count). The zero-order valence-corrected chi connectivity index (χ0v) is 11.1. The number of carbonyl (C=O) groups is 2. The SMILES string of the molecule is C#CCNCC(=O)N1CCCc2cc(C(=O)O)ccc21. The summed E-state index contributed by atoms with van der Waals surface area (Å²) in [6, 6.07) is 4.88. The van der Waals surface area contributed by atoms with Crippen molar-refractivity contribution in [2.45, 2.75) is 12.8 Å². The first-order valence-electron chi connectivity index (χ1n) is 6.44. The third-order valence-corrected chi connectivity index (χ3v) is 3.25. The fraction of sp³-hybridized carbons (Fsp3) is 0.333. The van der Waals surface area contributed by atoms with E-state index in [0.29, 0.717) is 13.1 Å². The lowest BCUT2D eigenvalue weighted by Gasteiger charge is -2.29. The summed E-state index contributed by atoms with van der Waals surface area (Å²) in [6.45, 7) is 1.19. The number of amides is 1. The molecule has 1 aliphatic rings. The van der Waals surface area contributed by atoms with Gasteiger partial charge in [0, 0.05) is 12.2 Å². The van der Waals surface area contributed by atoms with Crippen LogP contribution >= 0.6 is 0 Å². The number of hydrogen-bond acceptors (Lipinski definition) is 3. The third-order valence-electron chi connectivity index (χ3n) is 3.25. The summed E-state index contributed by atoms with van der Waals surface area (Å²) in [5.41, 5.74) is 1.96. The van der Waals surface area contributed by atoms with Crippen molar-refractivity contribution in [1.82, 2.24) is 5.32 Å². The smallest absolute Gasteiger partial charge is 0.335 e. The van der Waals surface area contributed by atoms with Crippen LogP contribution in [0.15, 0.2) is 18.2 Å². The summed E-state index contributed by atoms with van der Waals surface area (Å²) >= 11 is 0. The van der Waals surface area contributed by atoms with Crippen LogP contribution in [0.4, 0.5) is 5.69 Å². The second-order valence-corrected chi connectivity index (χ2v) is 4.61. The number of fused-ring (bicyclic) bond motifs is 1. The zero-order valence-electron chi connectivity index (χ0n) is 11.1. The molecule has 0 aliphatic carbocycles. The molecule has 0 spiro atoms. The van der Waals surface area contributed by atoms with Gasteiger partial charge in [-0.25, -0.2) is 4.79 Å². The van der Waals surface area contributed by atoms with Crippen molar-refractivity contribution in [3.05, 3.63) is 29.3 Å². The van der Waals surface area contributed by atoms with E-state index in [2.05, 4.69) is 11.2 Å². The van der Waals surface area contributed by atoms with Crippen molar-refractivity contribution < 1.29 is 14.7 Å². The van der Waals surface area contributed by atoms with Gasteiger partial charge >= 0.3 is 5.97 Å². The number of hydrogen-bond donors (Lipinski definition) is 2. The van der Waals surface area contributed by atoms with E-state index < -0.39 is 5.97 Å². The minimum absolute atomic E-state index is 0.0516. The Morgan fingerprint density at radius 1 is 1.45 bits per heavy atom.